The van der Waals surface area contributed by atoms with Gasteiger partial charge in [0.2, 0.25) is 0 Å². The van der Waals surface area contributed by atoms with Crippen LogP contribution in [0.5, 0.6) is 5.75 Å². The topological polar surface area (TPSA) is 77.0 Å². The standard InChI is InChI=1S/C24H30FNO5/c1-29-17-31-21-8-6-19(7-9-21)23(27)26-16-24(28)12-10-18(11-13-24)14-30-15-20-4-2-3-5-22(20)25/h2-9,18,28H,10-17H2,1H3,(H,26,27)/t18-,24-. The van der Waals surface area contributed by atoms with E-state index in [0.717, 1.165) is 12.8 Å². The summed E-state index contributed by atoms with van der Waals surface area (Å²) in [4.78, 5) is 12.4. The maximum Gasteiger partial charge on any atom is 0.251 e. The number of aliphatic hydroxyl groups is 1. The van der Waals surface area contributed by atoms with Crippen molar-refractivity contribution in [2.45, 2.75) is 37.9 Å². The van der Waals surface area contributed by atoms with Gasteiger partial charge in [-0.2, -0.15) is 0 Å². The van der Waals surface area contributed by atoms with Crippen LogP contribution in [-0.2, 0) is 16.1 Å². The number of benzene rings is 2. The molecule has 2 aromatic rings. The average molecular weight is 432 g/mol. The van der Waals surface area contributed by atoms with Crippen molar-refractivity contribution >= 4 is 5.91 Å². The van der Waals surface area contributed by atoms with Gasteiger partial charge in [-0.15, -0.1) is 0 Å². The predicted molar refractivity (Wildman–Crippen MR) is 114 cm³/mol. The third-order valence-electron chi connectivity index (χ3n) is 5.64. The summed E-state index contributed by atoms with van der Waals surface area (Å²) in [6.45, 7) is 1.14. The summed E-state index contributed by atoms with van der Waals surface area (Å²) in [5.41, 5.74) is 0.138. The van der Waals surface area contributed by atoms with Crippen molar-refractivity contribution < 1.29 is 28.5 Å². The number of methoxy groups -OCH3 is 1. The molecule has 0 atom stereocenters. The summed E-state index contributed by atoms with van der Waals surface area (Å²) >= 11 is 0. The number of halogens is 1. The van der Waals surface area contributed by atoms with Crippen LogP contribution in [0, 0.1) is 11.7 Å². The predicted octanol–water partition coefficient (Wildman–Crippen LogP) is 3.68. The van der Waals surface area contributed by atoms with Crippen LogP contribution in [0.3, 0.4) is 0 Å². The van der Waals surface area contributed by atoms with Crippen LogP contribution in [0.1, 0.15) is 41.6 Å². The highest BCUT2D eigenvalue weighted by Gasteiger charge is 2.33. The quantitative estimate of drug-likeness (QED) is 0.562. The summed E-state index contributed by atoms with van der Waals surface area (Å²) in [6, 6.07) is 13.4. The normalized spacial score (nSPS) is 20.9. The SMILES string of the molecule is COCOc1ccc(C(=O)NC[C@]2(O)CC[C@H](COCc3ccccc3F)CC2)cc1. The molecule has 0 unspecified atom stereocenters. The van der Waals surface area contributed by atoms with Gasteiger partial charge >= 0.3 is 0 Å². The zero-order chi connectivity index (χ0) is 22.1. The first-order valence-electron chi connectivity index (χ1n) is 10.5. The lowest BCUT2D eigenvalue weighted by Gasteiger charge is -2.36. The molecule has 6 nitrogen and oxygen atoms in total. The van der Waals surface area contributed by atoms with E-state index in [2.05, 4.69) is 5.32 Å². The van der Waals surface area contributed by atoms with Crippen molar-refractivity contribution in [2.75, 3.05) is 27.1 Å². The first-order chi connectivity index (χ1) is 15.0. The molecule has 1 amide bonds. The Morgan fingerprint density at radius 2 is 1.87 bits per heavy atom. The Hall–Kier alpha value is -2.48. The Balaban J connectivity index is 1.38. The number of ether oxygens (including phenoxy) is 3. The van der Waals surface area contributed by atoms with E-state index in [1.807, 2.05) is 0 Å². The smallest absolute Gasteiger partial charge is 0.251 e. The molecular weight excluding hydrogens is 401 g/mol. The molecule has 2 aromatic carbocycles. The molecule has 0 heterocycles. The molecule has 1 aliphatic carbocycles. The molecule has 0 bridgehead atoms. The minimum atomic E-state index is -0.917. The Labute approximate surface area is 182 Å². The molecule has 0 aliphatic heterocycles. The van der Waals surface area contributed by atoms with Gasteiger partial charge in [-0.05, 0) is 61.9 Å². The summed E-state index contributed by atoms with van der Waals surface area (Å²) in [5.74, 6) is 0.449. The second kappa shape index (κ2) is 11.2. The number of amides is 1. The van der Waals surface area contributed by atoms with Crippen molar-refractivity contribution in [2.24, 2.45) is 5.92 Å². The third-order valence-corrected chi connectivity index (χ3v) is 5.64. The molecule has 1 fully saturated rings. The highest BCUT2D eigenvalue weighted by molar-refractivity contribution is 5.94. The second-order valence-electron chi connectivity index (χ2n) is 8.03. The highest BCUT2D eigenvalue weighted by atomic mass is 19.1. The van der Waals surface area contributed by atoms with Crippen molar-refractivity contribution in [1.29, 1.82) is 0 Å². The van der Waals surface area contributed by atoms with Crippen molar-refractivity contribution in [3.63, 3.8) is 0 Å². The van der Waals surface area contributed by atoms with Crippen LogP contribution < -0.4 is 10.1 Å². The van der Waals surface area contributed by atoms with Crippen LogP contribution in [-0.4, -0.2) is 43.7 Å². The van der Waals surface area contributed by atoms with Crippen LogP contribution in [0.2, 0.25) is 0 Å². The zero-order valence-corrected chi connectivity index (χ0v) is 17.8. The van der Waals surface area contributed by atoms with Crippen molar-refractivity contribution in [3.8, 4) is 5.75 Å². The lowest BCUT2D eigenvalue weighted by atomic mass is 9.79. The fourth-order valence-electron chi connectivity index (χ4n) is 3.69. The number of hydrogen-bond acceptors (Lipinski definition) is 5. The lowest BCUT2D eigenvalue weighted by Crippen LogP contribution is -2.45. The molecule has 0 spiro atoms. The molecule has 3 rings (SSSR count). The van der Waals surface area contributed by atoms with Crippen molar-refractivity contribution in [3.05, 3.63) is 65.5 Å². The van der Waals surface area contributed by atoms with E-state index in [1.54, 1.807) is 49.6 Å². The molecule has 0 aromatic heterocycles. The number of nitrogens with one attached hydrogen (secondary N) is 1. The zero-order valence-electron chi connectivity index (χ0n) is 17.8. The van der Waals surface area contributed by atoms with E-state index >= 15 is 0 Å². The second-order valence-corrected chi connectivity index (χ2v) is 8.03. The van der Waals surface area contributed by atoms with Gasteiger partial charge in [0.1, 0.15) is 11.6 Å². The van der Waals surface area contributed by atoms with Gasteiger partial charge in [0, 0.05) is 31.4 Å². The van der Waals surface area contributed by atoms with Gasteiger partial charge in [-0.25, -0.2) is 4.39 Å². The molecule has 1 saturated carbocycles. The summed E-state index contributed by atoms with van der Waals surface area (Å²) < 4.78 is 29.5. The first kappa shape index (κ1) is 23.2. The van der Waals surface area contributed by atoms with Gasteiger partial charge in [0.15, 0.2) is 6.79 Å². The van der Waals surface area contributed by atoms with Gasteiger partial charge in [-0.1, -0.05) is 18.2 Å². The van der Waals surface area contributed by atoms with E-state index in [-0.39, 0.29) is 31.7 Å². The van der Waals surface area contributed by atoms with E-state index in [4.69, 9.17) is 14.2 Å². The van der Waals surface area contributed by atoms with Gasteiger partial charge in [-0.3, -0.25) is 4.79 Å². The van der Waals surface area contributed by atoms with E-state index < -0.39 is 5.60 Å². The van der Waals surface area contributed by atoms with E-state index in [1.165, 1.54) is 6.07 Å². The van der Waals surface area contributed by atoms with E-state index in [9.17, 15) is 14.3 Å². The lowest BCUT2D eigenvalue weighted by molar-refractivity contribution is -0.0240. The Bertz CT molecular complexity index is 834. The summed E-state index contributed by atoms with van der Waals surface area (Å²) in [7, 11) is 1.54. The molecule has 2 N–H and O–H groups in total. The maximum atomic E-state index is 13.6. The molecule has 0 radical (unpaired) electrons. The molecule has 1 aliphatic rings. The number of hydrogen-bond donors (Lipinski definition) is 2. The molecule has 0 saturated heterocycles. The van der Waals surface area contributed by atoms with Gasteiger partial charge < -0.3 is 24.6 Å². The molecule has 7 heteroatoms. The molecule has 168 valence electrons. The Morgan fingerprint density at radius 3 is 2.55 bits per heavy atom. The fourth-order valence-corrected chi connectivity index (χ4v) is 3.69. The third kappa shape index (κ3) is 7.02. The van der Waals surface area contributed by atoms with Crippen LogP contribution >= 0.6 is 0 Å². The largest absolute Gasteiger partial charge is 0.468 e. The highest BCUT2D eigenvalue weighted by Crippen LogP contribution is 2.32. The van der Waals surface area contributed by atoms with Crippen LogP contribution in [0.15, 0.2) is 48.5 Å². The maximum absolute atomic E-state index is 13.6. The van der Waals surface area contributed by atoms with E-state index in [0.29, 0.717) is 42.2 Å². The molecular formula is C24H30FNO5. The first-order valence-corrected chi connectivity index (χ1v) is 10.5. The molecule has 31 heavy (non-hydrogen) atoms. The number of rotatable bonds is 10. The van der Waals surface area contributed by atoms with Gasteiger partial charge in [0.05, 0.1) is 12.2 Å². The van der Waals surface area contributed by atoms with Crippen LogP contribution in [0.25, 0.3) is 0 Å². The summed E-state index contributed by atoms with van der Waals surface area (Å²) in [5, 5.41) is 13.7. The van der Waals surface area contributed by atoms with Crippen molar-refractivity contribution in [1.82, 2.24) is 5.32 Å². The Kier molecular flexibility index (Phi) is 8.40. The number of carbonyl (C=O) groups is 1. The Morgan fingerprint density at radius 1 is 1.16 bits per heavy atom. The van der Waals surface area contributed by atoms with Gasteiger partial charge in [0.25, 0.3) is 5.91 Å². The minimum absolute atomic E-state index is 0.147. The average Bonchev–Trinajstić information content (AvgIpc) is 2.79. The minimum Gasteiger partial charge on any atom is -0.468 e. The van der Waals surface area contributed by atoms with Crippen LogP contribution in [0.4, 0.5) is 4.39 Å². The summed E-state index contributed by atoms with van der Waals surface area (Å²) in [6.07, 6.45) is 2.78. The number of carbonyl (C=O) groups excluding carboxylic acids is 1. The monoisotopic (exact) mass is 431 g/mol. The fraction of sp³-hybridized carbons (Fsp3) is 0.458.